The van der Waals surface area contributed by atoms with Crippen LogP contribution in [-0.4, -0.2) is 38.7 Å². The zero-order valence-electron chi connectivity index (χ0n) is 13.0. The first-order valence-corrected chi connectivity index (χ1v) is 8.05. The number of β-amino-alcohol motifs (C(OH)–C–C–N with tert-alkyl or cyclic N) is 1. The molecule has 4 aromatic rings. The first-order valence-electron chi connectivity index (χ1n) is 8.05. The van der Waals surface area contributed by atoms with Gasteiger partial charge in [0, 0.05) is 30.5 Å². The van der Waals surface area contributed by atoms with Crippen LogP contribution in [0.4, 0.5) is 5.69 Å². The number of aliphatic hydroxyl groups is 1. The second-order valence-electron chi connectivity index (χ2n) is 6.19. The van der Waals surface area contributed by atoms with E-state index in [1.807, 2.05) is 40.9 Å². The molecule has 0 bridgehead atoms. The Morgan fingerprint density at radius 1 is 0.917 bits per heavy atom. The maximum Gasteiger partial charge on any atom is 0.235 e. The van der Waals surface area contributed by atoms with Gasteiger partial charge >= 0.3 is 0 Å². The van der Waals surface area contributed by atoms with E-state index >= 15 is 0 Å². The van der Waals surface area contributed by atoms with Crippen LogP contribution < -0.4 is 4.90 Å². The topological polar surface area (TPSA) is 53.7 Å². The summed E-state index contributed by atoms with van der Waals surface area (Å²) in [5.74, 6) is 0.712. The molecule has 0 radical (unpaired) electrons. The molecule has 1 aliphatic heterocycles. The highest BCUT2D eigenvalue weighted by atomic mass is 16.3. The standard InChI is InChI=1S/C19H16N4O/c24-15-11-22(12-15)14-7-5-13(6-8-14)16-9-10-23-18-4-2-1-3-17(18)21-19(23)20-16/h1-10,15,24H,11-12H2. The van der Waals surface area contributed by atoms with E-state index in [0.717, 1.165) is 28.0 Å². The fraction of sp³-hybridized carbons (Fsp3) is 0.158. The minimum atomic E-state index is -0.191. The number of anilines is 1. The maximum atomic E-state index is 9.41. The van der Waals surface area contributed by atoms with Gasteiger partial charge in [-0.15, -0.1) is 0 Å². The van der Waals surface area contributed by atoms with Crippen molar-refractivity contribution in [2.75, 3.05) is 18.0 Å². The van der Waals surface area contributed by atoms with Crippen molar-refractivity contribution in [3.8, 4) is 11.3 Å². The molecular weight excluding hydrogens is 300 g/mol. The first kappa shape index (κ1) is 13.5. The summed E-state index contributed by atoms with van der Waals surface area (Å²) in [6.45, 7) is 1.43. The smallest absolute Gasteiger partial charge is 0.235 e. The molecule has 5 nitrogen and oxygen atoms in total. The summed E-state index contributed by atoms with van der Waals surface area (Å²) >= 11 is 0. The Morgan fingerprint density at radius 2 is 1.71 bits per heavy atom. The SMILES string of the molecule is OC1CN(c2ccc(-c3ccn4c(n3)nc3ccccc34)cc2)C1. The molecule has 1 fully saturated rings. The Balaban J connectivity index is 1.52. The van der Waals surface area contributed by atoms with Crippen molar-refractivity contribution in [2.24, 2.45) is 0 Å². The normalized spacial score (nSPS) is 15.1. The van der Waals surface area contributed by atoms with Crippen molar-refractivity contribution in [1.82, 2.24) is 14.4 Å². The lowest BCUT2D eigenvalue weighted by Gasteiger charge is -2.37. The lowest BCUT2D eigenvalue weighted by molar-refractivity contribution is 0.142. The third-order valence-corrected chi connectivity index (χ3v) is 4.57. The molecule has 5 heteroatoms. The van der Waals surface area contributed by atoms with Gasteiger partial charge < -0.3 is 10.0 Å². The number of rotatable bonds is 2. The zero-order valence-corrected chi connectivity index (χ0v) is 13.0. The Hall–Kier alpha value is -2.92. The number of aliphatic hydroxyl groups excluding tert-OH is 1. The highest BCUT2D eigenvalue weighted by Gasteiger charge is 2.24. The van der Waals surface area contributed by atoms with E-state index in [2.05, 4.69) is 34.1 Å². The predicted molar refractivity (Wildman–Crippen MR) is 94.1 cm³/mol. The molecule has 0 amide bonds. The lowest BCUT2D eigenvalue weighted by Crippen LogP contribution is -2.50. The molecule has 0 saturated carbocycles. The Labute approximate surface area is 138 Å². The van der Waals surface area contributed by atoms with Gasteiger partial charge in [-0.05, 0) is 30.3 Å². The highest BCUT2D eigenvalue weighted by Crippen LogP contribution is 2.25. The van der Waals surface area contributed by atoms with Crippen molar-refractivity contribution < 1.29 is 5.11 Å². The quantitative estimate of drug-likeness (QED) is 0.618. The number of nitrogens with zero attached hydrogens (tertiary/aromatic N) is 4. The van der Waals surface area contributed by atoms with Gasteiger partial charge in [0.25, 0.3) is 0 Å². The first-order chi connectivity index (χ1) is 11.8. The average molecular weight is 316 g/mol. The van der Waals surface area contributed by atoms with Crippen LogP contribution >= 0.6 is 0 Å². The van der Waals surface area contributed by atoms with Crippen molar-refractivity contribution >= 4 is 22.5 Å². The molecule has 2 aromatic carbocycles. The fourth-order valence-electron chi connectivity index (χ4n) is 3.22. The Kier molecular flexibility index (Phi) is 2.84. The molecule has 3 heterocycles. The summed E-state index contributed by atoms with van der Waals surface area (Å²) in [5.41, 5.74) is 5.13. The van der Waals surface area contributed by atoms with Gasteiger partial charge in [0.05, 0.1) is 22.8 Å². The molecule has 5 rings (SSSR count). The third kappa shape index (κ3) is 2.06. The minimum Gasteiger partial charge on any atom is -0.389 e. The summed E-state index contributed by atoms with van der Waals surface area (Å²) in [7, 11) is 0. The molecule has 1 N–H and O–H groups in total. The molecule has 2 aromatic heterocycles. The highest BCUT2D eigenvalue weighted by molar-refractivity contribution is 5.80. The molecular formula is C19H16N4O. The third-order valence-electron chi connectivity index (χ3n) is 4.57. The zero-order chi connectivity index (χ0) is 16.1. The van der Waals surface area contributed by atoms with Crippen molar-refractivity contribution in [2.45, 2.75) is 6.10 Å². The van der Waals surface area contributed by atoms with Crippen LogP contribution in [0.2, 0.25) is 0 Å². The van der Waals surface area contributed by atoms with E-state index in [4.69, 9.17) is 4.98 Å². The van der Waals surface area contributed by atoms with Gasteiger partial charge in [0.2, 0.25) is 5.78 Å². The number of fused-ring (bicyclic) bond motifs is 3. The van der Waals surface area contributed by atoms with E-state index in [1.165, 1.54) is 0 Å². The summed E-state index contributed by atoms with van der Waals surface area (Å²) in [6, 6.07) is 18.4. The van der Waals surface area contributed by atoms with Gasteiger partial charge in [0.1, 0.15) is 0 Å². The second kappa shape index (κ2) is 5.04. The van der Waals surface area contributed by atoms with E-state index in [-0.39, 0.29) is 6.10 Å². The lowest BCUT2D eigenvalue weighted by atomic mass is 10.1. The number of para-hydroxylation sites is 2. The molecule has 24 heavy (non-hydrogen) atoms. The van der Waals surface area contributed by atoms with E-state index in [1.54, 1.807) is 0 Å². The average Bonchev–Trinajstić information content (AvgIpc) is 2.97. The molecule has 0 unspecified atom stereocenters. The van der Waals surface area contributed by atoms with Crippen LogP contribution in [0.25, 0.3) is 28.1 Å². The number of hydrogen-bond acceptors (Lipinski definition) is 4. The molecule has 0 atom stereocenters. The number of aromatic nitrogens is 3. The van der Waals surface area contributed by atoms with Gasteiger partial charge in [-0.3, -0.25) is 4.40 Å². The van der Waals surface area contributed by atoms with E-state index in [0.29, 0.717) is 18.9 Å². The minimum absolute atomic E-state index is 0.191. The van der Waals surface area contributed by atoms with Gasteiger partial charge in [-0.25, -0.2) is 9.97 Å². The van der Waals surface area contributed by atoms with Gasteiger partial charge in [0.15, 0.2) is 0 Å². The fourth-order valence-corrected chi connectivity index (χ4v) is 3.22. The molecule has 1 saturated heterocycles. The molecule has 118 valence electrons. The number of benzene rings is 2. The molecule has 1 aliphatic rings. The Bertz CT molecular complexity index is 1030. The number of hydrogen-bond donors (Lipinski definition) is 1. The summed E-state index contributed by atoms with van der Waals surface area (Å²) in [4.78, 5) is 11.5. The van der Waals surface area contributed by atoms with Crippen molar-refractivity contribution in [1.29, 1.82) is 0 Å². The number of imidazole rings is 1. The molecule has 0 aliphatic carbocycles. The van der Waals surface area contributed by atoms with Crippen molar-refractivity contribution in [3.05, 3.63) is 60.8 Å². The molecule has 0 spiro atoms. The van der Waals surface area contributed by atoms with Crippen LogP contribution in [0.15, 0.2) is 60.8 Å². The Morgan fingerprint density at radius 3 is 2.50 bits per heavy atom. The predicted octanol–water partition coefficient (Wildman–Crippen LogP) is 2.73. The summed E-state index contributed by atoms with van der Waals surface area (Å²) in [6.07, 6.45) is 1.83. The van der Waals surface area contributed by atoms with Crippen molar-refractivity contribution in [3.63, 3.8) is 0 Å². The second-order valence-corrected chi connectivity index (χ2v) is 6.19. The van der Waals surface area contributed by atoms with Crippen LogP contribution in [0, 0.1) is 0 Å². The van der Waals surface area contributed by atoms with E-state index < -0.39 is 0 Å². The van der Waals surface area contributed by atoms with Crippen LogP contribution in [0.3, 0.4) is 0 Å². The van der Waals surface area contributed by atoms with Gasteiger partial charge in [-0.2, -0.15) is 0 Å². The summed E-state index contributed by atoms with van der Waals surface area (Å²) < 4.78 is 2.01. The van der Waals surface area contributed by atoms with Crippen LogP contribution in [0.5, 0.6) is 0 Å². The largest absolute Gasteiger partial charge is 0.389 e. The monoisotopic (exact) mass is 316 g/mol. The van der Waals surface area contributed by atoms with E-state index in [9.17, 15) is 5.11 Å². The van der Waals surface area contributed by atoms with Crippen LogP contribution in [-0.2, 0) is 0 Å². The summed E-state index contributed by atoms with van der Waals surface area (Å²) in [5, 5.41) is 9.41. The maximum absolute atomic E-state index is 9.41. The van der Waals surface area contributed by atoms with Crippen LogP contribution in [0.1, 0.15) is 0 Å². The van der Waals surface area contributed by atoms with Gasteiger partial charge in [-0.1, -0.05) is 24.3 Å².